The van der Waals surface area contributed by atoms with Crippen LogP contribution in [0.5, 0.6) is 0 Å². The molecule has 0 aliphatic heterocycles. The molecule has 2 rings (SSSR count). The Kier molecular flexibility index (Phi) is 2.73. The topological polar surface area (TPSA) is 93.8 Å². The highest BCUT2D eigenvalue weighted by Crippen LogP contribution is 2.09. The van der Waals surface area contributed by atoms with Gasteiger partial charge in [-0.15, -0.1) is 0 Å². The van der Waals surface area contributed by atoms with E-state index in [1.807, 2.05) is 0 Å². The number of nitrogens with one attached hydrogen (secondary N) is 1. The Hall–Kier alpha value is -2.50. The number of carbonyl (C=O) groups excluding carboxylic acids is 1. The lowest BCUT2D eigenvalue weighted by Crippen LogP contribution is -2.16. The lowest BCUT2D eigenvalue weighted by molar-refractivity contribution is 0.102. The summed E-state index contributed by atoms with van der Waals surface area (Å²) >= 11 is 0. The molecule has 6 heteroatoms. The molecule has 0 atom stereocenters. The van der Waals surface area contributed by atoms with Gasteiger partial charge in [-0.2, -0.15) is 0 Å². The van der Waals surface area contributed by atoms with Gasteiger partial charge in [-0.3, -0.25) is 9.78 Å². The first kappa shape index (κ1) is 10.0. The first-order chi connectivity index (χ1) is 7.77. The third-order valence-electron chi connectivity index (χ3n) is 1.86. The summed E-state index contributed by atoms with van der Waals surface area (Å²) in [6.45, 7) is 0. The molecule has 0 radical (unpaired) electrons. The third-order valence-corrected chi connectivity index (χ3v) is 1.86. The highest BCUT2D eigenvalue weighted by atomic mass is 16.2. The maximum absolute atomic E-state index is 11.7. The molecule has 1 amide bonds. The summed E-state index contributed by atoms with van der Waals surface area (Å²) in [5, 5.41) is 2.54. The first-order valence-electron chi connectivity index (χ1n) is 4.55. The van der Waals surface area contributed by atoms with Gasteiger partial charge in [0.25, 0.3) is 5.91 Å². The summed E-state index contributed by atoms with van der Waals surface area (Å²) in [6, 6.07) is 3.27. The fourth-order valence-electron chi connectivity index (χ4n) is 1.15. The van der Waals surface area contributed by atoms with Crippen LogP contribution in [-0.2, 0) is 0 Å². The summed E-state index contributed by atoms with van der Waals surface area (Å²) < 4.78 is 0. The zero-order chi connectivity index (χ0) is 11.4. The molecule has 0 saturated carbocycles. The molecular weight excluding hydrogens is 206 g/mol. The third kappa shape index (κ3) is 2.11. The van der Waals surface area contributed by atoms with E-state index in [0.29, 0.717) is 11.5 Å². The van der Waals surface area contributed by atoms with Crippen molar-refractivity contribution in [1.29, 1.82) is 0 Å². The average molecular weight is 215 g/mol. The fourth-order valence-corrected chi connectivity index (χ4v) is 1.15. The van der Waals surface area contributed by atoms with Crippen LogP contribution >= 0.6 is 0 Å². The number of pyridine rings is 1. The number of anilines is 2. The summed E-state index contributed by atoms with van der Waals surface area (Å²) in [6.07, 6.45) is 5.95. The van der Waals surface area contributed by atoms with Crippen LogP contribution in [-0.4, -0.2) is 20.9 Å². The monoisotopic (exact) mass is 215 g/mol. The van der Waals surface area contributed by atoms with Gasteiger partial charge < -0.3 is 11.1 Å². The highest BCUT2D eigenvalue weighted by molar-refractivity contribution is 6.05. The van der Waals surface area contributed by atoms with Crippen molar-refractivity contribution in [2.45, 2.75) is 0 Å². The van der Waals surface area contributed by atoms with Gasteiger partial charge in [-0.25, -0.2) is 9.97 Å². The van der Waals surface area contributed by atoms with E-state index in [1.54, 1.807) is 12.1 Å². The van der Waals surface area contributed by atoms with Crippen molar-refractivity contribution in [3.8, 4) is 0 Å². The van der Waals surface area contributed by atoms with Gasteiger partial charge in [-0.1, -0.05) is 0 Å². The predicted molar refractivity (Wildman–Crippen MR) is 58.6 cm³/mol. The minimum Gasteiger partial charge on any atom is -0.397 e. The van der Waals surface area contributed by atoms with Crippen molar-refractivity contribution in [2.75, 3.05) is 11.1 Å². The van der Waals surface area contributed by atoms with Crippen LogP contribution in [0, 0.1) is 0 Å². The molecule has 2 heterocycles. The molecule has 0 aromatic carbocycles. The Morgan fingerprint density at radius 1 is 1.25 bits per heavy atom. The second-order valence-corrected chi connectivity index (χ2v) is 2.99. The number of hydrogen-bond acceptors (Lipinski definition) is 5. The molecule has 80 valence electrons. The molecule has 16 heavy (non-hydrogen) atoms. The second kappa shape index (κ2) is 4.35. The molecule has 0 fully saturated rings. The summed E-state index contributed by atoms with van der Waals surface area (Å²) in [5.74, 6) is -0.0452. The van der Waals surface area contributed by atoms with Crippen LogP contribution in [0.3, 0.4) is 0 Å². The maximum atomic E-state index is 11.7. The number of rotatable bonds is 2. The van der Waals surface area contributed by atoms with Crippen molar-refractivity contribution in [3.63, 3.8) is 0 Å². The van der Waals surface area contributed by atoms with Gasteiger partial charge in [0.05, 0.1) is 11.9 Å². The number of carbonyl (C=O) groups is 1. The van der Waals surface area contributed by atoms with E-state index >= 15 is 0 Å². The molecular formula is C10H9N5O. The van der Waals surface area contributed by atoms with Gasteiger partial charge >= 0.3 is 0 Å². The Labute approximate surface area is 91.6 Å². The molecule has 0 spiro atoms. The molecule has 3 N–H and O–H groups in total. The standard InChI is InChI=1S/C10H9N5O/c11-7-2-1-3-14-9(7)10(16)15-8-6-12-4-5-13-8/h1-6H,11H2,(H,13,15,16). The Balaban J connectivity index is 2.19. The summed E-state index contributed by atoms with van der Waals surface area (Å²) in [7, 11) is 0. The van der Waals surface area contributed by atoms with E-state index in [1.165, 1.54) is 24.8 Å². The van der Waals surface area contributed by atoms with Crippen molar-refractivity contribution in [2.24, 2.45) is 0 Å². The zero-order valence-corrected chi connectivity index (χ0v) is 8.29. The lowest BCUT2D eigenvalue weighted by atomic mass is 10.3. The first-order valence-corrected chi connectivity index (χ1v) is 4.55. The maximum Gasteiger partial charge on any atom is 0.277 e. The minimum atomic E-state index is -0.404. The van der Waals surface area contributed by atoms with Crippen LogP contribution < -0.4 is 11.1 Å². The van der Waals surface area contributed by atoms with E-state index in [2.05, 4.69) is 20.3 Å². The molecule has 0 saturated heterocycles. The quantitative estimate of drug-likeness (QED) is 0.769. The normalized spacial score (nSPS) is 9.75. The van der Waals surface area contributed by atoms with Crippen molar-refractivity contribution in [1.82, 2.24) is 15.0 Å². The summed E-state index contributed by atoms with van der Waals surface area (Å²) in [4.78, 5) is 23.3. The molecule has 0 aliphatic carbocycles. The molecule has 0 bridgehead atoms. The molecule has 0 aliphatic rings. The smallest absolute Gasteiger partial charge is 0.277 e. The van der Waals surface area contributed by atoms with Gasteiger partial charge in [-0.05, 0) is 12.1 Å². The van der Waals surface area contributed by atoms with Crippen LogP contribution in [0.25, 0.3) is 0 Å². The van der Waals surface area contributed by atoms with Gasteiger partial charge in [0.2, 0.25) is 0 Å². The van der Waals surface area contributed by atoms with Gasteiger partial charge in [0, 0.05) is 18.6 Å². The van der Waals surface area contributed by atoms with Crippen molar-refractivity contribution >= 4 is 17.4 Å². The van der Waals surface area contributed by atoms with Crippen molar-refractivity contribution in [3.05, 3.63) is 42.6 Å². The Morgan fingerprint density at radius 2 is 2.12 bits per heavy atom. The number of nitrogens with two attached hydrogens (primary N) is 1. The fraction of sp³-hybridized carbons (Fsp3) is 0. The van der Waals surface area contributed by atoms with Crippen LogP contribution in [0.15, 0.2) is 36.9 Å². The summed E-state index contributed by atoms with van der Waals surface area (Å²) in [5.41, 5.74) is 6.11. The lowest BCUT2D eigenvalue weighted by Gasteiger charge is -2.04. The Bertz CT molecular complexity index is 500. The van der Waals surface area contributed by atoms with E-state index in [4.69, 9.17) is 5.73 Å². The number of nitrogens with zero attached hydrogens (tertiary/aromatic N) is 3. The average Bonchev–Trinajstić information content (AvgIpc) is 2.31. The Morgan fingerprint density at radius 3 is 2.81 bits per heavy atom. The number of aromatic nitrogens is 3. The SMILES string of the molecule is Nc1cccnc1C(=O)Nc1cnccn1. The van der Waals surface area contributed by atoms with E-state index < -0.39 is 5.91 Å². The molecule has 2 aromatic heterocycles. The minimum absolute atomic E-state index is 0.174. The number of amides is 1. The van der Waals surface area contributed by atoms with E-state index in [-0.39, 0.29) is 5.69 Å². The van der Waals surface area contributed by atoms with Gasteiger partial charge in [0.15, 0.2) is 11.5 Å². The van der Waals surface area contributed by atoms with Crippen LogP contribution in [0.4, 0.5) is 11.5 Å². The van der Waals surface area contributed by atoms with E-state index in [9.17, 15) is 4.79 Å². The highest BCUT2D eigenvalue weighted by Gasteiger charge is 2.11. The van der Waals surface area contributed by atoms with Gasteiger partial charge in [0.1, 0.15) is 0 Å². The molecule has 0 unspecified atom stereocenters. The number of hydrogen-bond donors (Lipinski definition) is 2. The van der Waals surface area contributed by atoms with Crippen LogP contribution in [0.2, 0.25) is 0 Å². The number of nitrogen functional groups attached to an aromatic ring is 1. The second-order valence-electron chi connectivity index (χ2n) is 2.99. The molecule has 2 aromatic rings. The zero-order valence-electron chi connectivity index (χ0n) is 8.29. The van der Waals surface area contributed by atoms with Crippen molar-refractivity contribution < 1.29 is 4.79 Å². The van der Waals surface area contributed by atoms with E-state index in [0.717, 1.165) is 0 Å². The van der Waals surface area contributed by atoms with Crippen LogP contribution in [0.1, 0.15) is 10.5 Å². The predicted octanol–water partition coefficient (Wildman–Crippen LogP) is 0.706. The largest absolute Gasteiger partial charge is 0.397 e. The molecule has 6 nitrogen and oxygen atoms in total.